The summed E-state index contributed by atoms with van der Waals surface area (Å²) >= 11 is 5.33. The number of hydrogen-bond acceptors (Lipinski definition) is 3. The molecule has 0 aromatic heterocycles. The number of benzene rings is 2. The zero-order valence-electron chi connectivity index (χ0n) is 12.6. The summed E-state index contributed by atoms with van der Waals surface area (Å²) in [6, 6.07) is 19.0. The summed E-state index contributed by atoms with van der Waals surface area (Å²) in [5.41, 5.74) is 3.02. The SMILES string of the molecule is COC(=O)C1=C(c2ccccc2)NC(=S)NC1c1ccccc1. The first-order valence-corrected chi connectivity index (χ1v) is 7.62. The van der Waals surface area contributed by atoms with Gasteiger partial charge in [-0.25, -0.2) is 4.79 Å². The molecule has 0 radical (unpaired) electrons. The molecule has 1 heterocycles. The lowest BCUT2D eigenvalue weighted by molar-refractivity contribution is -0.136. The van der Waals surface area contributed by atoms with Crippen LogP contribution in [-0.2, 0) is 9.53 Å². The van der Waals surface area contributed by atoms with Crippen LogP contribution in [0.3, 0.4) is 0 Å². The summed E-state index contributed by atoms with van der Waals surface area (Å²) in [4.78, 5) is 12.4. The molecule has 0 saturated heterocycles. The maximum Gasteiger partial charge on any atom is 0.338 e. The second kappa shape index (κ2) is 6.62. The summed E-state index contributed by atoms with van der Waals surface area (Å²) in [5, 5.41) is 6.73. The maximum absolute atomic E-state index is 12.4. The van der Waals surface area contributed by atoms with Crippen molar-refractivity contribution in [2.24, 2.45) is 0 Å². The van der Waals surface area contributed by atoms with E-state index < -0.39 is 0 Å². The average molecular weight is 324 g/mol. The van der Waals surface area contributed by atoms with Gasteiger partial charge in [0.2, 0.25) is 0 Å². The highest BCUT2D eigenvalue weighted by molar-refractivity contribution is 7.80. The minimum Gasteiger partial charge on any atom is -0.466 e. The van der Waals surface area contributed by atoms with E-state index in [2.05, 4.69) is 10.6 Å². The van der Waals surface area contributed by atoms with E-state index >= 15 is 0 Å². The summed E-state index contributed by atoms with van der Waals surface area (Å²) in [6.45, 7) is 0. The number of carbonyl (C=O) groups is 1. The van der Waals surface area contributed by atoms with E-state index in [1.54, 1.807) is 0 Å². The van der Waals surface area contributed by atoms with Gasteiger partial charge in [0.1, 0.15) is 0 Å². The Morgan fingerprint density at radius 2 is 1.65 bits per heavy atom. The van der Waals surface area contributed by atoms with Crippen LogP contribution in [0.2, 0.25) is 0 Å². The predicted octanol–water partition coefficient (Wildman–Crippen LogP) is 2.79. The van der Waals surface area contributed by atoms with Gasteiger partial charge in [0, 0.05) is 0 Å². The lowest BCUT2D eigenvalue weighted by Gasteiger charge is -2.31. The number of hydrogen-bond donors (Lipinski definition) is 2. The van der Waals surface area contributed by atoms with Gasteiger partial charge in [0.15, 0.2) is 5.11 Å². The quantitative estimate of drug-likeness (QED) is 0.672. The van der Waals surface area contributed by atoms with Crippen LogP contribution in [0.15, 0.2) is 66.2 Å². The zero-order valence-corrected chi connectivity index (χ0v) is 13.4. The Balaban J connectivity index is 2.19. The Morgan fingerprint density at radius 1 is 1.04 bits per heavy atom. The van der Waals surface area contributed by atoms with E-state index in [4.69, 9.17) is 17.0 Å². The molecule has 2 aromatic carbocycles. The van der Waals surface area contributed by atoms with Gasteiger partial charge >= 0.3 is 5.97 Å². The monoisotopic (exact) mass is 324 g/mol. The van der Waals surface area contributed by atoms with Gasteiger partial charge < -0.3 is 15.4 Å². The fourth-order valence-corrected chi connectivity index (χ4v) is 2.84. The van der Waals surface area contributed by atoms with Crippen LogP contribution in [0.25, 0.3) is 5.70 Å². The number of nitrogens with one attached hydrogen (secondary N) is 2. The van der Waals surface area contributed by atoms with Crippen LogP contribution in [0, 0.1) is 0 Å². The van der Waals surface area contributed by atoms with Crippen molar-refractivity contribution in [2.45, 2.75) is 6.04 Å². The third-order valence-corrected chi connectivity index (χ3v) is 3.89. The highest BCUT2D eigenvalue weighted by Gasteiger charge is 2.32. The molecule has 1 aliphatic heterocycles. The molecule has 1 aliphatic rings. The smallest absolute Gasteiger partial charge is 0.338 e. The lowest BCUT2D eigenvalue weighted by atomic mass is 9.93. The van der Waals surface area contributed by atoms with Crippen molar-refractivity contribution >= 4 is 29.0 Å². The molecule has 2 N–H and O–H groups in total. The van der Waals surface area contributed by atoms with Crippen molar-refractivity contribution in [3.63, 3.8) is 0 Å². The molecular formula is C18H16N2O2S. The van der Waals surface area contributed by atoms with Crippen LogP contribution in [0.5, 0.6) is 0 Å². The summed E-state index contributed by atoms with van der Waals surface area (Å²) in [7, 11) is 1.38. The number of carbonyl (C=O) groups excluding carboxylic acids is 1. The molecule has 1 unspecified atom stereocenters. The van der Waals surface area contributed by atoms with E-state index in [9.17, 15) is 4.79 Å². The van der Waals surface area contributed by atoms with Gasteiger partial charge in [0.05, 0.1) is 24.4 Å². The number of esters is 1. The third-order valence-electron chi connectivity index (χ3n) is 3.67. The number of methoxy groups -OCH3 is 1. The van der Waals surface area contributed by atoms with Gasteiger partial charge in [-0.15, -0.1) is 0 Å². The van der Waals surface area contributed by atoms with Gasteiger partial charge in [-0.3, -0.25) is 0 Å². The van der Waals surface area contributed by atoms with E-state index in [-0.39, 0.29) is 12.0 Å². The van der Waals surface area contributed by atoms with Crippen LogP contribution < -0.4 is 10.6 Å². The van der Waals surface area contributed by atoms with Crippen LogP contribution >= 0.6 is 12.2 Å². The highest BCUT2D eigenvalue weighted by atomic mass is 32.1. The number of thiocarbonyl (C=S) groups is 1. The van der Waals surface area contributed by atoms with E-state index in [0.29, 0.717) is 16.4 Å². The van der Waals surface area contributed by atoms with E-state index in [1.165, 1.54) is 7.11 Å². The summed E-state index contributed by atoms with van der Waals surface area (Å²) < 4.78 is 5.01. The van der Waals surface area contributed by atoms with Crippen molar-refractivity contribution in [3.05, 3.63) is 77.4 Å². The normalized spacial score (nSPS) is 17.3. The van der Waals surface area contributed by atoms with Gasteiger partial charge in [-0.1, -0.05) is 60.7 Å². The van der Waals surface area contributed by atoms with Crippen molar-refractivity contribution in [1.82, 2.24) is 10.6 Å². The first-order valence-electron chi connectivity index (χ1n) is 7.21. The van der Waals surface area contributed by atoms with Crippen molar-refractivity contribution in [3.8, 4) is 0 Å². The first kappa shape index (κ1) is 15.2. The van der Waals surface area contributed by atoms with Crippen LogP contribution in [0.4, 0.5) is 0 Å². The number of rotatable bonds is 3. The molecule has 116 valence electrons. The van der Waals surface area contributed by atoms with Crippen LogP contribution in [0.1, 0.15) is 17.2 Å². The topological polar surface area (TPSA) is 50.4 Å². The molecule has 0 saturated carbocycles. The Morgan fingerprint density at radius 3 is 2.26 bits per heavy atom. The van der Waals surface area contributed by atoms with Gasteiger partial charge in [0.25, 0.3) is 0 Å². The fraction of sp³-hybridized carbons (Fsp3) is 0.111. The molecule has 4 nitrogen and oxygen atoms in total. The van der Waals surface area contributed by atoms with E-state index in [1.807, 2.05) is 60.7 Å². The second-order valence-electron chi connectivity index (χ2n) is 5.09. The molecule has 3 rings (SSSR count). The Bertz CT molecular complexity index is 757. The molecule has 1 atom stereocenters. The third kappa shape index (κ3) is 3.10. The van der Waals surface area contributed by atoms with Crippen molar-refractivity contribution in [1.29, 1.82) is 0 Å². The fourth-order valence-electron chi connectivity index (χ4n) is 2.62. The molecule has 2 aromatic rings. The molecule has 23 heavy (non-hydrogen) atoms. The minimum atomic E-state index is -0.389. The van der Waals surface area contributed by atoms with Crippen LogP contribution in [-0.4, -0.2) is 18.2 Å². The highest BCUT2D eigenvalue weighted by Crippen LogP contribution is 2.31. The lowest BCUT2D eigenvalue weighted by Crippen LogP contribution is -2.45. The zero-order chi connectivity index (χ0) is 16.2. The average Bonchev–Trinajstić information content (AvgIpc) is 2.62. The minimum absolute atomic E-state index is 0.354. The maximum atomic E-state index is 12.4. The molecular weight excluding hydrogens is 308 g/mol. The summed E-state index contributed by atoms with van der Waals surface area (Å²) in [6.07, 6.45) is 0. The second-order valence-corrected chi connectivity index (χ2v) is 5.50. The molecule has 0 amide bonds. The Hall–Kier alpha value is -2.66. The largest absolute Gasteiger partial charge is 0.466 e. The Labute approximate surface area is 140 Å². The Kier molecular flexibility index (Phi) is 4.39. The summed E-state index contributed by atoms with van der Waals surface area (Å²) in [5.74, 6) is -0.389. The molecule has 0 fully saturated rings. The van der Waals surface area contributed by atoms with Crippen molar-refractivity contribution < 1.29 is 9.53 Å². The molecule has 0 aliphatic carbocycles. The van der Waals surface area contributed by atoms with Gasteiger partial charge in [-0.05, 0) is 23.3 Å². The van der Waals surface area contributed by atoms with Gasteiger partial charge in [-0.2, -0.15) is 0 Å². The number of ether oxygens (including phenoxy) is 1. The molecule has 0 bridgehead atoms. The predicted molar refractivity (Wildman–Crippen MR) is 93.4 cm³/mol. The first-order chi connectivity index (χ1) is 11.2. The van der Waals surface area contributed by atoms with Crippen molar-refractivity contribution in [2.75, 3.05) is 7.11 Å². The molecule has 0 spiro atoms. The standard InChI is InChI=1S/C18H16N2O2S/c1-22-17(21)14-15(12-8-4-2-5-9-12)19-18(23)20-16(14)13-10-6-3-7-11-13/h2-11,15H,1H3,(H2,19,20,23). The molecule has 5 heteroatoms. The van der Waals surface area contributed by atoms with E-state index in [0.717, 1.165) is 11.1 Å².